The molecule has 1 heterocycles. The van der Waals surface area contributed by atoms with Crippen LogP contribution in [0.5, 0.6) is 11.5 Å². The minimum absolute atomic E-state index is 0.356. The van der Waals surface area contributed by atoms with Crippen molar-refractivity contribution in [2.75, 3.05) is 20.3 Å². The van der Waals surface area contributed by atoms with Crippen LogP contribution in [0.2, 0.25) is 0 Å². The monoisotopic (exact) mass is 339 g/mol. The number of hydrogen-bond acceptors (Lipinski definition) is 3. The lowest BCUT2D eigenvalue weighted by molar-refractivity contribution is 0.296. The molecule has 20 heavy (non-hydrogen) atoms. The number of fused-ring (bicyclic) bond motifs is 1. The average Bonchev–Trinajstić information content (AvgIpc) is 3.26. The third kappa shape index (κ3) is 2.82. The molecular weight excluding hydrogens is 318 g/mol. The maximum absolute atomic E-state index is 5.82. The minimum atomic E-state index is 0.356. The van der Waals surface area contributed by atoms with E-state index in [1.54, 1.807) is 0 Å². The average molecular weight is 340 g/mol. The van der Waals surface area contributed by atoms with Crippen LogP contribution in [0.3, 0.4) is 0 Å². The molecular formula is C16H22BrNO2. The van der Waals surface area contributed by atoms with E-state index < -0.39 is 0 Å². The SMILES string of the molecule is CNC(c1cc2c(cc1Br)OCCCO2)C(C)C1CC1. The first-order chi connectivity index (χ1) is 9.70. The van der Waals surface area contributed by atoms with Gasteiger partial charge in [-0.25, -0.2) is 0 Å². The zero-order valence-corrected chi connectivity index (χ0v) is 13.7. The highest BCUT2D eigenvalue weighted by Crippen LogP contribution is 2.45. The second kappa shape index (κ2) is 5.94. The Bertz CT molecular complexity index is 488. The van der Waals surface area contributed by atoms with Crippen LogP contribution >= 0.6 is 15.9 Å². The van der Waals surface area contributed by atoms with Crippen LogP contribution in [0.25, 0.3) is 0 Å². The van der Waals surface area contributed by atoms with Crippen molar-refractivity contribution < 1.29 is 9.47 Å². The first-order valence-electron chi connectivity index (χ1n) is 7.47. The van der Waals surface area contributed by atoms with Gasteiger partial charge in [-0.3, -0.25) is 0 Å². The highest BCUT2D eigenvalue weighted by molar-refractivity contribution is 9.10. The number of ether oxygens (including phenoxy) is 2. The van der Waals surface area contributed by atoms with E-state index in [0.29, 0.717) is 12.0 Å². The van der Waals surface area contributed by atoms with Crippen LogP contribution in [-0.2, 0) is 0 Å². The largest absolute Gasteiger partial charge is 0.490 e. The van der Waals surface area contributed by atoms with Gasteiger partial charge in [-0.2, -0.15) is 0 Å². The molecule has 3 rings (SSSR count). The van der Waals surface area contributed by atoms with E-state index in [2.05, 4.69) is 40.3 Å². The second-order valence-corrected chi connectivity index (χ2v) is 6.69. The molecule has 0 saturated heterocycles. The van der Waals surface area contributed by atoms with Crippen LogP contribution in [0, 0.1) is 11.8 Å². The zero-order valence-electron chi connectivity index (χ0n) is 12.1. The summed E-state index contributed by atoms with van der Waals surface area (Å²) >= 11 is 3.70. The van der Waals surface area contributed by atoms with Crippen molar-refractivity contribution in [3.63, 3.8) is 0 Å². The lowest BCUT2D eigenvalue weighted by Gasteiger charge is -2.26. The molecule has 0 amide bonds. The van der Waals surface area contributed by atoms with Crippen molar-refractivity contribution in [2.24, 2.45) is 11.8 Å². The van der Waals surface area contributed by atoms with Crippen molar-refractivity contribution in [1.82, 2.24) is 5.32 Å². The molecule has 1 saturated carbocycles. The molecule has 1 aromatic carbocycles. The van der Waals surface area contributed by atoms with Gasteiger partial charge < -0.3 is 14.8 Å². The number of nitrogens with one attached hydrogen (secondary N) is 1. The maximum atomic E-state index is 5.82. The molecule has 1 aliphatic heterocycles. The summed E-state index contributed by atoms with van der Waals surface area (Å²) in [6, 6.07) is 4.55. The van der Waals surface area contributed by atoms with Crippen molar-refractivity contribution in [1.29, 1.82) is 0 Å². The fraction of sp³-hybridized carbons (Fsp3) is 0.625. The summed E-state index contributed by atoms with van der Waals surface area (Å²) in [5.41, 5.74) is 1.27. The van der Waals surface area contributed by atoms with Gasteiger partial charge in [0.15, 0.2) is 11.5 Å². The van der Waals surface area contributed by atoms with E-state index >= 15 is 0 Å². The summed E-state index contributed by atoms with van der Waals surface area (Å²) < 4.78 is 12.7. The molecule has 1 aliphatic carbocycles. The molecule has 0 spiro atoms. The Morgan fingerprint density at radius 1 is 1.20 bits per heavy atom. The Morgan fingerprint density at radius 3 is 2.45 bits per heavy atom. The Hall–Kier alpha value is -0.740. The molecule has 0 radical (unpaired) electrons. The fourth-order valence-electron chi connectivity index (χ4n) is 3.03. The van der Waals surface area contributed by atoms with Gasteiger partial charge in [-0.05, 0) is 49.4 Å². The second-order valence-electron chi connectivity index (χ2n) is 5.83. The van der Waals surface area contributed by atoms with Crippen LogP contribution in [0.1, 0.15) is 37.8 Å². The van der Waals surface area contributed by atoms with E-state index in [1.165, 1.54) is 18.4 Å². The van der Waals surface area contributed by atoms with E-state index in [9.17, 15) is 0 Å². The topological polar surface area (TPSA) is 30.5 Å². The van der Waals surface area contributed by atoms with Crippen molar-refractivity contribution >= 4 is 15.9 Å². The van der Waals surface area contributed by atoms with Gasteiger partial charge in [-0.1, -0.05) is 22.9 Å². The Labute approximate surface area is 129 Å². The standard InChI is InChI=1S/C16H22BrNO2/c1-10(11-4-5-11)16(18-2)12-8-14-15(9-13(12)17)20-7-3-6-19-14/h8-11,16,18H,3-7H2,1-2H3. The predicted molar refractivity (Wildman–Crippen MR) is 83.4 cm³/mol. The van der Waals surface area contributed by atoms with Crippen molar-refractivity contribution in [3.8, 4) is 11.5 Å². The molecule has 2 atom stereocenters. The molecule has 2 unspecified atom stereocenters. The minimum Gasteiger partial charge on any atom is -0.490 e. The molecule has 1 fully saturated rings. The zero-order chi connectivity index (χ0) is 14.1. The molecule has 2 aliphatic rings. The third-order valence-electron chi connectivity index (χ3n) is 4.40. The summed E-state index contributed by atoms with van der Waals surface area (Å²) in [5, 5.41) is 3.48. The van der Waals surface area contributed by atoms with Crippen molar-refractivity contribution in [2.45, 2.75) is 32.2 Å². The van der Waals surface area contributed by atoms with Crippen molar-refractivity contribution in [3.05, 3.63) is 22.2 Å². The molecule has 3 nitrogen and oxygen atoms in total. The Balaban J connectivity index is 1.93. The van der Waals surface area contributed by atoms with E-state index in [1.807, 2.05) is 7.05 Å². The van der Waals surface area contributed by atoms with Gasteiger partial charge in [0.05, 0.1) is 13.2 Å². The number of halogens is 1. The smallest absolute Gasteiger partial charge is 0.162 e. The third-order valence-corrected chi connectivity index (χ3v) is 5.09. The van der Waals surface area contributed by atoms with Gasteiger partial charge in [0.2, 0.25) is 0 Å². The Kier molecular flexibility index (Phi) is 4.22. The van der Waals surface area contributed by atoms with Gasteiger partial charge >= 0.3 is 0 Å². The maximum Gasteiger partial charge on any atom is 0.162 e. The highest BCUT2D eigenvalue weighted by atomic mass is 79.9. The molecule has 1 N–H and O–H groups in total. The normalized spacial score (nSPS) is 21.1. The summed E-state index contributed by atoms with van der Waals surface area (Å²) in [4.78, 5) is 0. The van der Waals surface area contributed by atoms with Crippen LogP contribution in [0.15, 0.2) is 16.6 Å². The predicted octanol–water partition coefficient (Wildman–Crippen LogP) is 3.92. The highest BCUT2D eigenvalue weighted by Gasteiger charge is 2.34. The fourth-order valence-corrected chi connectivity index (χ4v) is 3.60. The molecule has 4 heteroatoms. The van der Waals surface area contributed by atoms with Crippen LogP contribution < -0.4 is 14.8 Å². The number of benzene rings is 1. The Morgan fingerprint density at radius 2 is 1.85 bits per heavy atom. The molecule has 0 bridgehead atoms. The lowest BCUT2D eigenvalue weighted by atomic mass is 9.90. The lowest BCUT2D eigenvalue weighted by Crippen LogP contribution is -2.25. The van der Waals surface area contributed by atoms with E-state index in [4.69, 9.17) is 9.47 Å². The summed E-state index contributed by atoms with van der Waals surface area (Å²) in [7, 11) is 2.04. The van der Waals surface area contributed by atoms with Gasteiger partial charge in [0, 0.05) is 16.9 Å². The van der Waals surface area contributed by atoms with E-state index in [0.717, 1.165) is 41.5 Å². The van der Waals surface area contributed by atoms with Gasteiger partial charge in [0.1, 0.15) is 0 Å². The summed E-state index contributed by atoms with van der Waals surface area (Å²) in [5.74, 6) is 3.23. The van der Waals surface area contributed by atoms with E-state index in [-0.39, 0.29) is 0 Å². The summed E-state index contributed by atoms with van der Waals surface area (Å²) in [6.45, 7) is 3.80. The summed E-state index contributed by atoms with van der Waals surface area (Å²) in [6.07, 6.45) is 3.67. The van der Waals surface area contributed by atoms with Gasteiger partial charge in [-0.15, -0.1) is 0 Å². The molecule has 110 valence electrons. The van der Waals surface area contributed by atoms with Crippen LogP contribution in [-0.4, -0.2) is 20.3 Å². The first kappa shape index (κ1) is 14.2. The molecule has 1 aromatic rings. The van der Waals surface area contributed by atoms with Crippen LogP contribution in [0.4, 0.5) is 0 Å². The number of hydrogen-bond donors (Lipinski definition) is 1. The quantitative estimate of drug-likeness (QED) is 0.901. The molecule has 0 aromatic heterocycles. The first-order valence-corrected chi connectivity index (χ1v) is 8.26. The number of rotatable bonds is 4. The van der Waals surface area contributed by atoms with Gasteiger partial charge in [0.25, 0.3) is 0 Å².